The quantitative estimate of drug-likeness (QED) is 0.848. The van der Waals surface area contributed by atoms with E-state index >= 15 is 0 Å². The number of benzene rings is 1. The summed E-state index contributed by atoms with van der Waals surface area (Å²) in [5.74, 6) is 0. The van der Waals surface area contributed by atoms with Crippen molar-refractivity contribution in [3.8, 4) is 0 Å². The molecule has 0 amide bonds. The van der Waals surface area contributed by atoms with Gasteiger partial charge in [-0.25, -0.2) is 0 Å². The van der Waals surface area contributed by atoms with Gasteiger partial charge in [0.05, 0.1) is 19.3 Å². The zero-order valence-corrected chi connectivity index (χ0v) is 14.5. The van der Waals surface area contributed by atoms with Crippen LogP contribution in [0.15, 0.2) is 16.6 Å². The average Bonchev–Trinajstić information content (AvgIpc) is 3.07. The summed E-state index contributed by atoms with van der Waals surface area (Å²) >= 11 is 9.80. The highest BCUT2D eigenvalue weighted by Gasteiger charge is 2.26. The van der Waals surface area contributed by atoms with Gasteiger partial charge in [0.1, 0.15) is 0 Å². The molecule has 1 N–H and O–H groups in total. The van der Waals surface area contributed by atoms with Crippen LogP contribution in [-0.2, 0) is 15.9 Å². The molecule has 0 saturated carbocycles. The first-order valence-electron chi connectivity index (χ1n) is 7.56. The second kappa shape index (κ2) is 6.97. The second-order valence-corrected chi connectivity index (χ2v) is 7.22. The number of fused-ring (bicyclic) bond motifs is 1. The second-order valence-electron chi connectivity index (χ2n) is 5.93. The van der Waals surface area contributed by atoms with E-state index in [2.05, 4.69) is 34.2 Å². The molecule has 0 bridgehead atoms. The summed E-state index contributed by atoms with van der Waals surface area (Å²) in [6, 6.07) is 4.76. The number of hydrogen-bond donors (Lipinski definition) is 1. The minimum Gasteiger partial charge on any atom is -0.379 e. The molecule has 3 nitrogen and oxygen atoms in total. The molecule has 21 heavy (non-hydrogen) atoms. The van der Waals surface area contributed by atoms with Crippen LogP contribution >= 0.6 is 27.5 Å². The van der Waals surface area contributed by atoms with Crippen LogP contribution in [0.3, 0.4) is 0 Å². The molecule has 1 saturated heterocycles. The molecule has 1 aromatic carbocycles. The van der Waals surface area contributed by atoms with Crippen LogP contribution in [0.25, 0.3) is 0 Å². The molecule has 1 aromatic rings. The minimum atomic E-state index is 0.272. The molecule has 3 rings (SSSR count). The van der Waals surface area contributed by atoms with Crippen molar-refractivity contribution in [1.82, 2.24) is 5.32 Å². The van der Waals surface area contributed by atoms with E-state index in [1.54, 1.807) is 0 Å². The van der Waals surface area contributed by atoms with Crippen molar-refractivity contribution in [2.24, 2.45) is 0 Å². The van der Waals surface area contributed by atoms with Crippen molar-refractivity contribution in [3.05, 3.63) is 32.8 Å². The molecule has 3 atom stereocenters. The minimum absolute atomic E-state index is 0.272. The van der Waals surface area contributed by atoms with Gasteiger partial charge in [-0.3, -0.25) is 0 Å². The number of rotatable bonds is 5. The fourth-order valence-corrected chi connectivity index (χ4v) is 4.16. The SMILES string of the molecule is C[C@H](CO[C@@H]1CCOC1)N[C@H]1CCc2c(Br)cc(Cl)cc21. The van der Waals surface area contributed by atoms with E-state index in [0.29, 0.717) is 12.1 Å². The molecule has 0 spiro atoms. The summed E-state index contributed by atoms with van der Waals surface area (Å²) in [5.41, 5.74) is 2.71. The standard InChI is InChI=1S/C16H21BrClNO2/c1-10(8-21-12-4-5-20-9-12)19-16-3-2-13-14(16)6-11(18)7-15(13)17/h6-7,10,12,16,19H,2-5,8-9H2,1H3/t10-,12-,16+/m1/s1. The lowest BCUT2D eigenvalue weighted by Gasteiger charge is -2.22. The third kappa shape index (κ3) is 3.80. The molecule has 1 aliphatic heterocycles. The van der Waals surface area contributed by atoms with Crippen LogP contribution in [0.4, 0.5) is 0 Å². The molecule has 0 aromatic heterocycles. The summed E-state index contributed by atoms with van der Waals surface area (Å²) in [6.45, 7) is 4.46. The molecular formula is C16H21BrClNO2. The Hall–Kier alpha value is -0.130. The lowest BCUT2D eigenvalue weighted by atomic mass is 10.1. The lowest BCUT2D eigenvalue weighted by Crippen LogP contribution is -2.34. The average molecular weight is 375 g/mol. The Morgan fingerprint density at radius 2 is 2.33 bits per heavy atom. The Balaban J connectivity index is 1.57. The van der Waals surface area contributed by atoms with Gasteiger partial charge < -0.3 is 14.8 Å². The highest BCUT2D eigenvalue weighted by molar-refractivity contribution is 9.10. The number of nitrogens with one attached hydrogen (secondary N) is 1. The van der Waals surface area contributed by atoms with Crippen LogP contribution in [0.5, 0.6) is 0 Å². The summed E-state index contributed by atoms with van der Waals surface area (Å²) < 4.78 is 12.3. The third-order valence-corrected chi connectivity index (χ3v) is 5.13. The van der Waals surface area contributed by atoms with Gasteiger partial charge in [0, 0.05) is 28.2 Å². The largest absolute Gasteiger partial charge is 0.379 e. The van der Waals surface area contributed by atoms with Crippen LogP contribution in [0.2, 0.25) is 5.02 Å². The lowest BCUT2D eigenvalue weighted by molar-refractivity contribution is 0.0308. The Kier molecular flexibility index (Phi) is 5.23. The smallest absolute Gasteiger partial charge is 0.0831 e. The van der Waals surface area contributed by atoms with Crippen molar-refractivity contribution in [2.45, 2.75) is 44.4 Å². The maximum absolute atomic E-state index is 6.18. The summed E-state index contributed by atoms with van der Waals surface area (Å²) in [5, 5.41) is 4.46. The first kappa shape index (κ1) is 15.8. The molecule has 2 aliphatic rings. The molecule has 1 aliphatic carbocycles. The van der Waals surface area contributed by atoms with Crippen LogP contribution in [-0.4, -0.2) is 32.0 Å². The number of halogens is 2. The first-order chi connectivity index (χ1) is 10.1. The first-order valence-corrected chi connectivity index (χ1v) is 8.74. The predicted molar refractivity (Wildman–Crippen MR) is 88.0 cm³/mol. The van der Waals surface area contributed by atoms with E-state index in [9.17, 15) is 0 Å². The predicted octanol–water partition coefficient (Wildman–Crippen LogP) is 3.87. The fraction of sp³-hybridized carbons (Fsp3) is 0.625. The highest BCUT2D eigenvalue weighted by atomic mass is 79.9. The van der Waals surface area contributed by atoms with E-state index in [1.807, 2.05) is 6.07 Å². The van der Waals surface area contributed by atoms with Crippen molar-refractivity contribution >= 4 is 27.5 Å². The zero-order valence-electron chi connectivity index (χ0n) is 12.2. The van der Waals surface area contributed by atoms with Crippen molar-refractivity contribution in [3.63, 3.8) is 0 Å². The topological polar surface area (TPSA) is 30.5 Å². The normalized spacial score (nSPS) is 26.0. The third-order valence-electron chi connectivity index (χ3n) is 4.21. The van der Waals surface area contributed by atoms with E-state index in [0.717, 1.165) is 48.6 Å². The Morgan fingerprint density at radius 1 is 1.48 bits per heavy atom. The Morgan fingerprint density at radius 3 is 3.10 bits per heavy atom. The van der Waals surface area contributed by atoms with Gasteiger partial charge in [-0.2, -0.15) is 0 Å². The molecule has 1 heterocycles. The van der Waals surface area contributed by atoms with Crippen LogP contribution in [0.1, 0.15) is 36.9 Å². The molecular weight excluding hydrogens is 354 g/mol. The van der Waals surface area contributed by atoms with Gasteiger partial charge in [0.2, 0.25) is 0 Å². The molecule has 0 radical (unpaired) electrons. The maximum Gasteiger partial charge on any atom is 0.0831 e. The monoisotopic (exact) mass is 373 g/mol. The van der Waals surface area contributed by atoms with E-state index in [1.165, 1.54) is 11.1 Å². The number of hydrogen-bond acceptors (Lipinski definition) is 3. The maximum atomic E-state index is 6.18. The van der Waals surface area contributed by atoms with E-state index < -0.39 is 0 Å². The molecule has 5 heteroatoms. The summed E-state index contributed by atoms with van der Waals surface area (Å²) in [4.78, 5) is 0. The van der Waals surface area contributed by atoms with Crippen molar-refractivity contribution in [2.75, 3.05) is 19.8 Å². The van der Waals surface area contributed by atoms with Crippen LogP contribution in [0, 0.1) is 0 Å². The van der Waals surface area contributed by atoms with Gasteiger partial charge in [0.15, 0.2) is 0 Å². The number of ether oxygens (including phenoxy) is 2. The van der Waals surface area contributed by atoms with E-state index in [-0.39, 0.29) is 6.10 Å². The zero-order chi connectivity index (χ0) is 14.8. The van der Waals surface area contributed by atoms with Gasteiger partial charge >= 0.3 is 0 Å². The van der Waals surface area contributed by atoms with Crippen LogP contribution < -0.4 is 5.32 Å². The van der Waals surface area contributed by atoms with Gasteiger partial charge in [-0.1, -0.05) is 27.5 Å². The molecule has 0 unspecified atom stereocenters. The highest BCUT2D eigenvalue weighted by Crippen LogP contribution is 2.38. The van der Waals surface area contributed by atoms with E-state index in [4.69, 9.17) is 21.1 Å². The summed E-state index contributed by atoms with van der Waals surface area (Å²) in [7, 11) is 0. The van der Waals surface area contributed by atoms with Crippen molar-refractivity contribution < 1.29 is 9.47 Å². The Bertz CT molecular complexity index is 505. The molecule has 116 valence electrons. The fourth-order valence-electron chi connectivity index (χ4n) is 3.13. The van der Waals surface area contributed by atoms with Crippen molar-refractivity contribution in [1.29, 1.82) is 0 Å². The molecule has 1 fully saturated rings. The van der Waals surface area contributed by atoms with Gasteiger partial charge in [-0.15, -0.1) is 0 Å². The van der Waals surface area contributed by atoms with Gasteiger partial charge in [-0.05, 0) is 49.4 Å². The Labute approximate surface area is 139 Å². The summed E-state index contributed by atoms with van der Waals surface area (Å²) in [6.07, 6.45) is 3.50. The van der Waals surface area contributed by atoms with Gasteiger partial charge in [0.25, 0.3) is 0 Å².